The first-order valence-corrected chi connectivity index (χ1v) is 11.5. The van der Waals surface area contributed by atoms with Crippen LogP contribution in [0.1, 0.15) is 29.9 Å². The number of carbonyl (C=O) groups is 2. The van der Waals surface area contributed by atoms with Crippen molar-refractivity contribution >= 4 is 17.5 Å². The van der Waals surface area contributed by atoms with Gasteiger partial charge in [0.05, 0.1) is 19.1 Å². The Labute approximate surface area is 202 Å². The number of nitrogens with one attached hydrogen (secondary N) is 2. The van der Waals surface area contributed by atoms with E-state index in [-0.39, 0.29) is 56.4 Å². The van der Waals surface area contributed by atoms with E-state index in [2.05, 4.69) is 10.6 Å². The van der Waals surface area contributed by atoms with E-state index in [9.17, 15) is 14.7 Å². The molecule has 10 nitrogen and oxygen atoms in total. The fourth-order valence-corrected chi connectivity index (χ4v) is 4.83. The molecule has 0 spiro atoms. The van der Waals surface area contributed by atoms with Crippen LogP contribution in [-0.4, -0.2) is 62.3 Å². The van der Waals surface area contributed by atoms with Crippen LogP contribution in [0.15, 0.2) is 36.4 Å². The summed E-state index contributed by atoms with van der Waals surface area (Å²) in [4.78, 5) is 24.6. The number of anilines is 1. The molecule has 186 valence electrons. The number of aliphatic hydroxyl groups is 1. The summed E-state index contributed by atoms with van der Waals surface area (Å²) in [5.74, 6) is 1.59. The maximum Gasteiger partial charge on any atom is 0.250 e. The molecule has 1 saturated heterocycles. The van der Waals surface area contributed by atoms with E-state index in [0.717, 1.165) is 11.1 Å². The molecule has 0 saturated carbocycles. The number of benzene rings is 2. The molecule has 2 aromatic rings. The smallest absolute Gasteiger partial charge is 0.250 e. The highest BCUT2D eigenvalue weighted by atomic mass is 16.7. The summed E-state index contributed by atoms with van der Waals surface area (Å²) in [6.07, 6.45) is -0.580. The van der Waals surface area contributed by atoms with Gasteiger partial charge in [-0.2, -0.15) is 0 Å². The Hall–Kier alpha value is -3.34. The molecule has 3 aliphatic heterocycles. The second-order valence-corrected chi connectivity index (χ2v) is 8.81. The minimum Gasteiger partial charge on any atom is -0.487 e. The van der Waals surface area contributed by atoms with Crippen molar-refractivity contribution in [3.63, 3.8) is 0 Å². The third-order valence-electron chi connectivity index (χ3n) is 6.40. The lowest BCUT2D eigenvalue weighted by Gasteiger charge is -2.37. The van der Waals surface area contributed by atoms with Crippen molar-refractivity contribution in [1.29, 1.82) is 0 Å². The number of amides is 2. The molecule has 35 heavy (non-hydrogen) atoms. The molecule has 3 heterocycles. The first-order valence-electron chi connectivity index (χ1n) is 11.5. The molecule has 0 aromatic heterocycles. The van der Waals surface area contributed by atoms with Crippen molar-refractivity contribution in [1.82, 2.24) is 5.32 Å². The standard InChI is InChI=1S/C25H28N2O8/c1-31-12-24(30)27-15-3-5-19-17(7-15)18-8-16(34-22(11-28)25(18)35-19)9-23(29)26-10-14-2-4-20-21(6-14)33-13-32-20/h2-7,16,18,22,25,28H,8-13H2,1H3,(H,26,29)(H,27,30)/t16-,18+,22-,25-/m0/s1. The number of carbonyl (C=O) groups excluding carboxylic acids is 2. The van der Waals surface area contributed by atoms with Gasteiger partial charge in [0.15, 0.2) is 11.5 Å². The topological polar surface area (TPSA) is 125 Å². The SMILES string of the molecule is COCC(=O)Nc1ccc2c(c1)[C@H]1C[C@@H](CC(=O)NCc3ccc4c(c3)OCO4)O[C@@H](CO)[C@H]1O2. The molecular formula is C25H28N2O8. The maximum atomic E-state index is 12.7. The second-order valence-electron chi connectivity index (χ2n) is 8.81. The van der Waals surface area contributed by atoms with Crippen molar-refractivity contribution in [2.45, 2.75) is 43.6 Å². The highest BCUT2D eigenvalue weighted by Crippen LogP contribution is 2.47. The predicted molar refractivity (Wildman–Crippen MR) is 123 cm³/mol. The van der Waals surface area contributed by atoms with Gasteiger partial charge in [0.1, 0.15) is 24.6 Å². The van der Waals surface area contributed by atoms with Crippen LogP contribution < -0.4 is 24.8 Å². The minimum absolute atomic E-state index is 0.0382. The van der Waals surface area contributed by atoms with Crippen LogP contribution in [0.5, 0.6) is 17.2 Å². The summed E-state index contributed by atoms with van der Waals surface area (Å²) in [5.41, 5.74) is 2.47. The lowest BCUT2D eigenvalue weighted by Crippen LogP contribution is -2.47. The van der Waals surface area contributed by atoms with Crippen LogP contribution in [0.2, 0.25) is 0 Å². The Balaban J connectivity index is 1.22. The average molecular weight is 485 g/mol. The molecule has 0 radical (unpaired) electrons. The van der Waals surface area contributed by atoms with E-state index in [1.54, 1.807) is 12.1 Å². The van der Waals surface area contributed by atoms with Crippen LogP contribution in [0.3, 0.4) is 0 Å². The molecule has 4 atom stereocenters. The molecule has 1 fully saturated rings. The van der Waals surface area contributed by atoms with E-state index in [1.165, 1.54) is 7.11 Å². The second kappa shape index (κ2) is 10.1. The molecule has 0 unspecified atom stereocenters. The molecule has 3 aliphatic rings. The van der Waals surface area contributed by atoms with Crippen LogP contribution in [-0.2, 0) is 25.6 Å². The average Bonchev–Trinajstić information content (AvgIpc) is 3.46. The Morgan fingerprint density at radius 3 is 2.74 bits per heavy atom. The summed E-state index contributed by atoms with van der Waals surface area (Å²) in [6.45, 7) is 0.297. The zero-order chi connectivity index (χ0) is 24.4. The molecular weight excluding hydrogens is 456 g/mol. The Morgan fingerprint density at radius 1 is 1.09 bits per heavy atom. The predicted octanol–water partition coefficient (Wildman–Crippen LogP) is 1.70. The molecule has 0 aliphatic carbocycles. The van der Waals surface area contributed by atoms with Gasteiger partial charge in [0.25, 0.3) is 0 Å². The fraction of sp³-hybridized carbons (Fsp3) is 0.440. The number of methoxy groups -OCH3 is 1. The number of hydrogen-bond donors (Lipinski definition) is 3. The van der Waals surface area contributed by atoms with Crippen molar-refractivity contribution in [2.24, 2.45) is 0 Å². The summed E-state index contributed by atoms with van der Waals surface area (Å²) in [7, 11) is 1.46. The van der Waals surface area contributed by atoms with E-state index >= 15 is 0 Å². The van der Waals surface area contributed by atoms with E-state index < -0.39 is 6.10 Å². The van der Waals surface area contributed by atoms with Crippen molar-refractivity contribution < 1.29 is 38.4 Å². The molecule has 0 bridgehead atoms. The van der Waals surface area contributed by atoms with Crippen molar-refractivity contribution in [3.8, 4) is 17.2 Å². The van der Waals surface area contributed by atoms with Gasteiger partial charge in [-0.1, -0.05) is 6.07 Å². The minimum atomic E-state index is -0.556. The number of fused-ring (bicyclic) bond motifs is 4. The van der Waals surface area contributed by atoms with Gasteiger partial charge in [-0.3, -0.25) is 9.59 Å². The summed E-state index contributed by atoms with van der Waals surface area (Å²) >= 11 is 0. The van der Waals surface area contributed by atoms with Crippen LogP contribution in [0, 0.1) is 0 Å². The van der Waals surface area contributed by atoms with E-state index in [4.69, 9.17) is 23.7 Å². The van der Waals surface area contributed by atoms with Gasteiger partial charge in [0.2, 0.25) is 18.6 Å². The highest BCUT2D eigenvalue weighted by molar-refractivity contribution is 5.92. The third kappa shape index (κ3) is 5.04. The lowest BCUT2D eigenvalue weighted by atomic mass is 9.84. The molecule has 10 heteroatoms. The van der Waals surface area contributed by atoms with Crippen molar-refractivity contribution in [2.75, 3.05) is 32.4 Å². The maximum absolute atomic E-state index is 12.7. The first-order chi connectivity index (χ1) is 17.0. The van der Waals surface area contributed by atoms with Gasteiger partial charge in [-0.15, -0.1) is 0 Å². The van der Waals surface area contributed by atoms with Crippen LogP contribution in [0.4, 0.5) is 5.69 Å². The zero-order valence-corrected chi connectivity index (χ0v) is 19.3. The van der Waals surface area contributed by atoms with Crippen LogP contribution in [0.25, 0.3) is 0 Å². The summed E-state index contributed by atoms with van der Waals surface area (Å²) < 4.78 is 27.7. The van der Waals surface area contributed by atoms with E-state index in [0.29, 0.717) is 35.9 Å². The largest absolute Gasteiger partial charge is 0.487 e. The van der Waals surface area contributed by atoms with Gasteiger partial charge in [-0.25, -0.2) is 0 Å². The normalized spacial score (nSPS) is 23.7. The zero-order valence-electron chi connectivity index (χ0n) is 19.3. The third-order valence-corrected chi connectivity index (χ3v) is 6.40. The van der Waals surface area contributed by atoms with Gasteiger partial charge >= 0.3 is 0 Å². The molecule has 2 amide bonds. The van der Waals surface area contributed by atoms with E-state index in [1.807, 2.05) is 24.3 Å². The van der Waals surface area contributed by atoms with Gasteiger partial charge in [-0.05, 0) is 42.3 Å². The summed E-state index contributed by atoms with van der Waals surface area (Å²) in [6, 6.07) is 11.0. The van der Waals surface area contributed by atoms with Crippen molar-refractivity contribution in [3.05, 3.63) is 47.5 Å². The molecule has 5 rings (SSSR count). The Kier molecular flexibility index (Phi) is 6.76. The summed E-state index contributed by atoms with van der Waals surface area (Å²) in [5, 5.41) is 15.7. The van der Waals surface area contributed by atoms with Gasteiger partial charge < -0.3 is 39.4 Å². The quantitative estimate of drug-likeness (QED) is 0.517. The Morgan fingerprint density at radius 2 is 1.91 bits per heavy atom. The van der Waals surface area contributed by atoms with Crippen LogP contribution >= 0.6 is 0 Å². The first kappa shape index (κ1) is 23.4. The lowest BCUT2D eigenvalue weighted by molar-refractivity contribution is -0.142. The highest BCUT2D eigenvalue weighted by Gasteiger charge is 2.46. The molecule has 2 aromatic carbocycles. The monoisotopic (exact) mass is 484 g/mol. The number of hydrogen-bond acceptors (Lipinski definition) is 8. The number of ether oxygens (including phenoxy) is 5. The number of aliphatic hydroxyl groups excluding tert-OH is 1. The number of rotatable bonds is 8. The molecule has 3 N–H and O–H groups in total. The van der Waals surface area contributed by atoms with Gasteiger partial charge in [0, 0.05) is 30.8 Å². The Bertz CT molecular complexity index is 1110. The fourth-order valence-electron chi connectivity index (χ4n) is 4.83.